The van der Waals surface area contributed by atoms with E-state index in [9.17, 15) is 9.59 Å². The monoisotopic (exact) mass is 566 g/mol. The van der Waals surface area contributed by atoms with Gasteiger partial charge in [-0.1, -0.05) is 104 Å². The Morgan fingerprint density at radius 2 is 1.56 bits per heavy atom. The molecular formula is C32H36Cl2N2O3. The topological polar surface area (TPSA) is 58.6 Å². The van der Waals surface area contributed by atoms with Gasteiger partial charge in [-0.3, -0.25) is 9.59 Å². The fraction of sp³-hybridized carbons (Fsp3) is 0.375. The first-order valence-corrected chi connectivity index (χ1v) is 14.4. The fourth-order valence-corrected chi connectivity index (χ4v) is 5.60. The van der Waals surface area contributed by atoms with Gasteiger partial charge in [-0.2, -0.15) is 0 Å². The fourth-order valence-electron chi connectivity index (χ4n) is 5.09. The average molecular weight is 568 g/mol. The average Bonchev–Trinajstić information content (AvgIpc) is 3.44. The van der Waals surface area contributed by atoms with Crippen molar-refractivity contribution < 1.29 is 14.3 Å². The Balaban J connectivity index is 1.66. The molecule has 1 unspecified atom stereocenters. The largest absolute Gasteiger partial charge is 0.483 e. The summed E-state index contributed by atoms with van der Waals surface area (Å²) in [5, 5.41) is 4.10. The number of halogens is 2. The van der Waals surface area contributed by atoms with Gasteiger partial charge in [-0.05, 0) is 48.1 Å². The Labute approximate surface area is 241 Å². The molecule has 0 saturated heterocycles. The number of rotatable bonds is 11. The van der Waals surface area contributed by atoms with Crippen LogP contribution in [0.15, 0.2) is 72.8 Å². The van der Waals surface area contributed by atoms with Gasteiger partial charge in [0.1, 0.15) is 11.8 Å². The van der Waals surface area contributed by atoms with Crippen LogP contribution < -0.4 is 10.1 Å². The highest BCUT2D eigenvalue weighted by Crippen LogP contribution is 2.29. The number of carbonyl (C=O) groups is 2. The summed E-state index contributed by atoms with van der Waals surface area (Å²) in [6.07, 6.45) is 4.44. The lowest BCUT2D eigenvalue weighted by Crippen LogP contribution is -2.53. The van der Waals surface area contributed by atoms with Gasteiger partial charge in [-0.15, -0.1) is 0 Å². The van der Waals surface area contributed by atoms with Crippen LogP contribution in [0.1, 0.15) is 62.1 Å². The van der Waals surface area contributed by atoms with Crippen LogP contribution in [-0.4, -0.2) is 35.4 Å². The molecule has 0 aromatic heterocycles. The molecule has 3 aromatic rings. The molecule has 1 aliphatic carbocycles. The maximum absolute atomic E-state index is 13.9. The maximum Gasteiger partial charge on any atom is 0.261 e. The SMILES string of the molecule is CC(C)c1ccccc1OCC(=O)N(Cc1c(Cl)cccc1Cl)C(Cc1ccccc1)C(=O)NC1CCCC1. The molecule has 0 heterocycles. The number of benzene rings is 3. The quantitative estimate of drug-likeness (QED) is 0.267. The second kappa shape index (κ2) is 13.9. The molecule has 3 aromatic carbocycles. The van der Waals surface area contributed by atoms with Gasteiger partial charge in [0.05, 0.1) is 0 Å². The Hall–Kier alpha value is -3.02. The second-order valence-electron chi connectivity index (χ2n) is 10.4. The van der Waals surface area contributed by atoms with E-state index in [2.05, 4.69) is 19.2 Å². The molecule has 1 saturated carbocycles. The summed E-state index contributed by atoms with van der Waals surface area (Å²) in [7, 11) is 0. The first-order chi connectivity index (χ1) is 18.8. The lowest BCUT2D eigenvalue weighted by molar-refractivity contribution is -0.143. The Morgan fingerprint density at radius 3 is 2.23 bits per heavy atom. The number of para-hydroxylation sites is 1. The minimum atomic E-state index is -0.767. The molecule has 1 fully saturated rings. The van der Waals surface area contributed by atoms with Crippen LogP contribution in [-0.2, 0) is 22.6 Å². The summed E-state index contributed by atoms with van der Waals surface area (Å²) in [6.45, 7) is 4.04. The van der Waals surface area contributed by atoms with Crippen molar-refractivity contribution in [1.29, 1.82) is 0 Å². The van der Waals surface area contributed by atoms with E-state index in [4.69, 9.17) is 27.9 Å². The molecule has 7 heteroatoms. The van der Waals surface area contributed by atoms with E-state index in [1.807, 2.05) is 54.6 Å². The summed E-state index contributed by atoms with van der Waals surface area (Å²) >= 11 is 13.1. The molecule has 4 rings (SSSR count). The molecule has 1 atom stereocenters. The number of nitrogens with one attached hydrogen (secondary N) is 1. The van der Waals surface area contributed by atoms with Crippen molar-refractivity contribution in [1.82, 2.24) is 10.2 Å². The van der Waals surface area contributed by atoms with Crippen molar-refractivity contribution in [2.45, 2.75) is 70.5 Å². The van der Waals surface area contributed by atoms with E-state index >= 15 is 0 Å². The number of ether oxygens (including phenoxy) is 1. The summed E-state index contributed by atoms with van der Waals surface area (Å²) in [6, 6.07) is 22.1. The lowest BCUT2D eigenvalue weighted by Gasteiger charge is -2.33. The van der Waals surface area contributed by atoms with E-state index in [1.165, 1.54) is 0 Å². The molecule has 5 nitrogen and oxygen atoms in total. The number of carbonyl (C=O) groups excluding carboxylic acids is 2. The van der Waals surface area contributed by atoms with Crippen LogP contribution in [0.3, 0.4) is 0 Å². The third-order valence-corrected chi connectivity index (χ3v) is 7.96. The zero-order valence-electron chi connectivity index (χ0n) is 22.5. The van der Waals surface area contributed by atoms with Gasteiger partial charge < -0.3 is 15.0 Å². The Kier molecular flexibility index (Phi) is 10.3. The number of amides is 2. The molecular weight excluding hydrogens is 531 g/mol. The Morgan fingerprint density at radius 1 is 0.923 bits per heavy atom. The summed E-state index contributed by atoms with van der Waals surface area (Å²) in [4.78, 5) is 29.3. The van der Waals surface area contributed by atoms with Crippen LogP contribution in [0.5, 0.6) is 5.75 Å². The minimum Gasteiger partial charge on any atom is -0.483 e. The van der Waals surface area contributed by atoms with Crippen molar-refractivity contribution in [3.05, 3.63) is 99.5 Å². The summed E-state index contributed by atoms with van der Waals surface area (Å²) < 4.78 is 6.06. The predicted octanol–water partition coefficient (Wildman–Crippen LogP) is 7.19. The van der Waals surface area contributed by atoms with Gasteiger partial charge in [0.15, 0.2) is 6.61 Å². The van der Waals surface area contributed by atoms with Crippen LogP contribution in [0.2, 0.25) is 10.0 Å². The minimum absolute atomic E-state index is 0.0854. The molecule has 0 spiro atoms. The van der Waals surface area contributed by atoms with Gasteiger partial charge in [-0.25, -0.2) is 0 Å². The molecule has 2 amide bonds. The number of hydrogen-bond donors (Lipinski definition) is 1. The van der Waals surface area contributed by atoms with E-state index < -0.39 is 6.04 Å². The van der Waals surface area contributed by atoms with Crippen molar-refractivity contribution >= 4 is 35.0 Å². The number of hydrogen-bond acceptors (Lipinski definition) is 3. The van der Waals surface area contributed by atoms with Crippen LogP contribution >= 0.6 is 23.2 Å². The predicted molar refractivity (Wildman–Crippen MR) is 157 cm³/mol. The normalized spacial score (nSPS) is 14.3. The molecule has 1 N–H and O–H groups in total. The number of nitrogens with zero attached hydrogens (tertiary/aromatic N) is 1. The standard InChI is InChI=1S/C32H36Cl2N2O3/c1-22(2)25-15-8-9-18-30(25)39-21-31(37)36(20-26-27(33)16-10-17-28(26)34)29(19-23-11-4-3-5-12-23)32(38)35-24-13-6-7-14-24/h3-5,8-12,15-18,22,24,29H,6-7,13-14,19-21H2,1-2H3,(H,35,38). The highest BCUT2D eigenvalue weighted by Gasteiger charge is 2.33. The third kappa shape index (κ3) is 7.77. The van der Waals surface area contributed by atoms with Crippen molar-refractivity contribution in [3.8, 4) is 5.75 Å². The third-order valence-electron chi connectivity index (χ3n) is 7.25. The summed E-state index contributed by atoms with van der Waals surface area (Å²) in [5.41, 5.74) is 2.58. The van der Waals surface area contributed by atoms with Crippen LogP contribution in [0.25, 0.3) is 0 Å². The van der Waals surface area contributed by atoms with Crippen LogP contribution in [0.4, 0.5) is 0 Å². The summed E-state index contributed by atoms with van der Waals surface area (Å²) in [5.74, 6) is 0.404. The maximum atomic E-state index is 13.9. The molecule has 39 heavy (non-hydrogen) atoms. The van der Waals surface area contributed by atoms with E-state index in [-0.39, 0.29) is 36.9 Å². The smallest absolute Gasteiger partial charge is 0.261 e. The Bertz CT molecular complexity index is 1240. The lowest BCUT2D eigenvalue weighted by atomic mass is 10.0. The molecule has 0 aliphatic heterocycles. The van der Waals surface area contributed by atoms with Crippen molar-refractivity contribution in [2.24, 2.45) is 0 Å². The van der Waals surface area contributed by atoms with Crippen LogP contribution in [0, 0.1) is 0 Å². The highest BCUT2D eigenvalue weighted by atomic mass is 35.5. The second-order valence-corrected chi connectivity index (χ2v) is 11.2. The van der Waals surface area contributed by atoms with E-state index in [0.717, 1.165) is 36.8 Å². The molecule has 0 bridgehead atoms. The van der Waals surface area contributed by atoms with E-state index in [1.54, 1.807) is 23.1 Å². The van der Waals surface area contributed by atoms with E-state index in [0.29, 0.717) is 27.8 Å². The van der Waals surface area contributed by atoms with Gasteiger partial charge >= 0.3 is 0 Å². The van der Waals surface area contributed by atoms with Gasteiger partial charge in [0.25, 0.3) is 5.91 Å². The first-order valence-electron chi connectivity index (χ1n) is 13.6. The van der Waals surface area contributed by atoms with Gasteiger partial charge in [0, 0.05) is 34.6 Å². The zero-order valence-corrected chi connectivity index (χ0v) is 24.0. The highest BCUT2D eigenvalue weighted by molar-refractivity contribution is 6.36. The van der Waals surface area contributed by atoms with Gasteiger partial charge in [0.2, 0.25) is 5.91 Å². The van der Waals surface area contributed by atoms with Crippen molar-refractivity contribution in [3.63, 3.8) is 0 Å². The zero-order chi connectivity index (χ0) is 27.8. The van der Waals surface area contributed by atoms with Crippen molar-refractivity contribution in [2.75, 3.05) is 6.61 Å². The first kappa shape index (κ1) is 29.0. The molecule has 1 aliphatic rings. The molecule has 0 radical (unpaired) electrons. The molecule has 206 valence electrons.